The van der Waals surface area contributed by atoms with Crippen LogP contribution in [0.3, 0.4) is 0 Å². The first-order valence-electron chi connectivity index (χ1n) is 9.44. The lowest BCUT2D eigenvalue weighted by Gasteiger charge is -2.15. The summed E-state index contributed by atoms with van der Waals surface area (Å²) in [5.41, 5.74) is 0.735. The molecule has 0 saturated carbocycles. The topological polar surface area (TPSA) is 78.5 Å². The highest BCUT2D eigenvalue weighted by molar-refractivity contribution is 7.06. The fourth-order valence-corrected chi connectivity index (χ4v) is 4.29. The first-order chi connectivity index (χ1) is 14.5. The maximum absolute atomic E-state index is 14.5. The van der Waals surface area contributed by atoms with Crippen molar-refractivity contribution in [3.8, 4) is 0 Å². The molecule has 0 bridgehead atoms. The van der Waals surface area contributed by atoms with Gasteiger partial charge in [-0.25, -0.2) is 18.9 Å². The number of rotatable bonds is 5. The van der Waals surface area contributed by atoms with Crippen LogP contribution in [0.15, 0.2) is 46.3 Å². The molecule has 0 spiro atoms. The second-order valence-electron chi connectivity index (χ2n) is 6.71. The summed E-state index contributed by atoms with van der Waals surface area (Å²) >= 11 is 7.01. The van der Waals surface area contributed by atoms with E-state index in [0.29, 0.717) is 24.3 Å². The van der Waals surface area contributed by atoms with Crippen LogP contribution in [0, 0.1) is 5.82 Å². The Kier molecular flexibility index (Phi) is 6.10. The van der Waals surface area contributed by atoms with Gasteiger partial charge in [-0.1, -0.05) is 17.7 Å². The molecule has 0 radical (unpaired) electrons. The van der Waals surface area contributed by atoms with E-state index in [1.807, 2.05) is 12.1 Å². The molecule has 0 unspecified atom stereocenters. The van der Waals surface area contributed by atoms with E-state index in [4.69, 9.17) is 16.3 Å². The first-order valence-corrected chi connectivity index (χ1v) is 10.6. The number of fused-ring (bicyclic) bond motifs is 1. The zero-order valence-electron chi connectivity index (χ0n) is 15.9. The standard InChI is InChI=1S/C20H18ClFN4O3S/c21-15-12-16(22)17(24-19-25-8-3-4-9-26(25)20(28)30-19)11-14(15)18(27)29-10-6-13-5-1-2-7-23-13/h1-2,5,7,11-12H,3-4,6,8-10H2/b24-19+. The number of esters is 1. The number of hydrogen-bond donors (Lipinski definition) is 0. The highest BCUT2D eigenvalue weighted by Crippen LogP contribution is 2.27. The quantitative estimate of drug-likeness (QED) is 0.561. The van der Waals surface area contributed by atoms with Crippen LogP contribution < -0.4 is 9.67 Å². The van der Waals surface area contributed by atoms with Gasteiger partial charge in [0.25, 0.3) is 0 Å². The second-order valence-corrected chi connectivity index (χ2v) is 8.03. The van der Waals surface area contributed by atoms with Crippen molar-refractivity contribution in [1.82, 2.24) is 14.3 Å². The van der Waals surface area contributed by atoms with Crippen molar-refractivity contribution in [2.24, 2.45) is 4.99 Å². The van der Waals surface area contributed by atoms with Crippen LogP contribution in [0.5, 0.6) is 0 Å². The molecule has 1 aliphatic rings. The molecule has 3 aromatic rings. The number of carbonyl (C=O) groups is 1. The van der Waals surface area contributed by atoms with Crippen LogP contribution in [0.2, 0.25) is 5.02 Å². The Hall–Kier alpha value is -2.78. The monoisotopic (exact) mass is 448 g/mol. The molecular formula is C20H18ClFN4O3S. The van der Waals surface area contributed by atoms with E-state index < -0.39 is 11.8 Å². The van der Waals surface area contributed by atoms with Crippen LogP contribution in [0.25, 0.3) is 0 Å². The van der Waals surface area contributed by atoms with Crippen LogP contribution in [0.4, 0.5) is 10.1 Å². The summed E-state index contributed by atoms with van der Waals surface area (Å²) in [5, 5.41) is -0.0611. The average Bonchev–Trinajstić information content (AvgIpc) is 3.06. The third-order valence-electron chi connectivity index (χ3n) is 4.68. The second kappa shape index (κ2) is 8.93. The van der Waals surface area contributed by atoms with E-state index in [-0.39, 0.29) is 27.8 Å². The molecule has 1 aliphatic heterocycles. The van der Waals surface area contributed by atoms with Crippen LogP contribution in [-0.4, -0.2) is 26.9 Å². The zero-order valence-corrected chi connectivity index (χ0v) is 17.5. The van der Waals surface area contributed by atoms with Crippen molar-refractivity contribution in [3.05, 3.63) is 73.1 Å². The van der Waals surface area contributed by atoms with Crippen LogP contribution in [0.1, 0.15) is 28.9 Å². The first kappa shape index (κ1) is 20.5. The van der Waals surface area contributed by atoms with Gasteiger partial charge in [-0.05, 0) is 48.4 Å². The summed E-state index contributed by atoms with van der Waals surface area (Å²) in [6, 6.07) is 7.77. The number of benzene rings is 1. The lowest BCUT2D eigenvalue weighted by molar-refractivity contribution is 0.0508. The van der Waals surface area contributed by atoms with Gasteiger partial charge in [0.1, 0.15) is 11.5 Å². The molecule has 0 amide bonds. The molecule has 1 aromatic carbocycles. The van der Waals surface area contributed by atoms with Gasteiger partial charge in [-0.3, -0.25) is 14.5 Å². The Morgan fingerprint density at radius 2 is 2.07 bits per heavy atom. The molecule has 0 atom stereocenters. The van der Waals surface area contributed by atoms with Gasteiger partial charge in [0.15, 0.2) is 0 Å². The number of hydrogen-bond acceptors (Lipinski definition) is 6. The Balaban J connectivity index is 1.58. The third kappa shape index (κ3) is 4.36. The molecular weight excluding hydrogens is 431 g/mol. The Morgan fingerprint density at radius 3 is 2.83 bits per heavy atom. The highest BCUT2D eigenvalue weighted by Gasteiger charge is 2.18. The SMILES string of the molecule is O=C(OCCc1ccccn1)c1cc(/N=c2/sc(=O)n3n2CCCC3)c(F)cc1Cl. The molecule has 156 valence electrons. The largest absolute Gasteiger partial charge is 0.462 e. The van der Waals surface area contributed by atoms with Crippen molar-refractivity contribution >= 4 is 34.6 Å². The minimum atomic E-state index is -0.680. The maximum Gasteiger partial charge on any atom is 0.339 e. The van der Waals surface area contributed by atoms with Crippen molar-refractivity contribution in [2.75, 3.05) is 6.61 Å². The molecule has 10 heteroatoms. The van der Waals surface area contributed by atoms with E-state index >= 15 is 0 Å². The number of carbonyl (C=O) groups excluding carboxylic acids is 1. The van der Waals surface area contributed by atoms with Crippen LogP contribution in [-0.2, 0) is 24.2 Å². The fourth-order valence-electron chi connectivity index (χ4n) is 3.17. The molecule has 30 heavy (non-hydrogen) atoms. The van der Waals surface area contributed by atoms with Gasteiger partial charge in [0.2, 0.25) is 4.80 Å². The lowest BCUT2D eigenvalue weighted by atomic mass is 10.2. The van der Waals surface area contributed by atoms with E-state index in [2.05, 4.69) is 9.98 Å². The number of halogens is 2. The van der Waals surface area contributed by atoms with Gasteiger partial charge < -0.3 is 4.74 Å². The van der Waals surface area contributed by atoms with Gasteiger partial charge in [0.05, 0.1) is 17.2 Å². The molecule has 7 nitrogen and oxygen atoms in total. The van der Waals surface area contributed by atoms with Crippen molar-refractivity contribution in [2.45, 2.75) is 32.4 Å². The molecule has 3 heterocycles. The third-order valence-corrected chi connectivity index (χ3v) is 5.86. The van der Waals surface area contributed by atoms with Gasteiger partial charge >= 0.3 is 10.8 Å². The Labute approximate surface area is 180 Å². The van der Waals surface area contributed by atoms with Gasteiger partial charge in [-0.15, -0.1) is 0 Å². The summed E-state index contributed by atoms with van der Waals surface area (Å²) in [7, 11) is 0. The molecule has 0 N–H and O–H groups in total. The number of nitrogens with zero attached hydrogens (tertiary/aromatic N) is 4. The van der Waals surface area contributed by atoms with Gasteiger partial charge in [-0.2, -0.15) is 0 Å². The van der Waals surface area contributed by atoms with Crippen molar-refractivity contribution in [1.29, 1.82) is 0 Å². The summed E-state index contributed by atoms with van der Waals surface area (Å²) < 4.78 is 23.1. The van der Waals surface area contributed by atoms with Crippen molar-refractivity contribution in [3.63, 3.8) is 0 Å². The highest BCUT2D eigenvalue weighted by atomic mass is 35.5. The summed E-state index contributed by atoms with van der Waals surface area (Å²) in [4.78, 5) is 33.3. The summed E-state index contributed by atoms with van der Waals surface area (Å²) in [6.45, 7) is 1.36. The summed E-state index contributed by atoms with van der Waals surface area (Å²) in [5.74, 6) is -1.35. The predicted molar refractivity (Wildman–Crippen MR) is 111 cm³/mol. The molecule has 0 aliphatic carbocycles. The average molecular weight is 449 g/mol. The van der Waals surface area contributed by atoms with E-state index in [1.54, 1.807) is 21.6 Å². The number of aromatic nitrogens is 3. The Morgan fingerprint density at radius 1 is 1.27 bits per heavy atom. The van der Waals surface area contributed by atoms with Crippen molar-refractivity contribution < 1.29 is 13.9 Å². The minimum Gasteiger partial charge on any atom is -0.462 e. The molecule has 0 fully saturated rings. The molecule has 4 rings (SSSR count). The number of pyridine rings is 1. The lowest BCUT2D eigenvalue weighted by Crippen LogP contribution is -2.31. The Bertz CT molecular complexity index is 1200. The van der Waals surface area contributed by atoms with Crippen LogP contribution >= 0.6 is 22.9 Å². The smallest absolute Gasteiger partial charge is 0.339 e. The summed E-state index contributed by atoms with van der Waals surface area (Å²) in [6.07, 6.45) is 3.94. The normalized spacial score (nSPS) is 13.9. The van der Waals surface area contributed by atoms with E-state index in [1.165, 1.54) is 6.07 Å². The zero-order chi connectivity index (χ0) is 21.1. The van der Waals surface area contributed by atoms with Gasteiger partial charge in [0, 0.05) is 31.4 Å². The van der Waals surface area contributed by atoms with E-state index in [9.17, 15) is 14.0 Å². The van der Waals surface area contributed by atoms with E-state index in [0.717, 1.165) is 35.9 Å². The number of ether oxygens (including phenoxy) is 1. The minimum absolute atomic E-state index is 0.0169. The molecule has 2 aromatic heterocycles. The molecule has 0 saturated heterocycles. The predicted octanol–water partition coefficient (Wildman–Crippen LogP) is 3.32. The fraction of sp³-hybridized carbons (Fsp3) is 0.300. The maximum atomic E-state index is 14.5.